The predicted octanol–water partition coefficient (Wildman–Crippen LogP) is 2.35. The van der Waals surface area contributed by atoms with Gasteiger partial charge in [0, 0.05) is 31.6 Å². The number of amides is 5. The van der Waals surface area contributed by atoms with E-state index in [0.29, 0.717) is 5.75 Å². The summed E-state index contributed by atoms with van der Waals surface area (Å²) in [5.74, 6) is -3.72. The minimum absolute atomic E-state index is 0.0343. The largest absolute Gasteiger partial charge is 0.481 e. The Labute approximate surface area is 307 Å². The van der Waals surface area contributed by atoms with E-state index < -0.39 is 54.3 Å². The summed E-state index contributed by atoms with van der Waals surface area (Å²) in [7, 11) is 0. The molecule has 3 atom stereocenters. The fourth-order valence-corrected chi connectivity index (χ4v) is 5.66. The molecule has 4 aromatic rings. The van der Waals surface area contributed by atoms with Gasteiger partial charge in [-0.1, -0.05) is 103 Å². The first-order valence-corrected chi connectivity index (χ1v) is 17.6. The van der Waals surface area contributed by atoms with Crippen molar-refractivity contribution in [2.24, 2.45) is 0 Å². The quantitative estimate of drug-likeness (QED) is 0.0725. The Kier molecular flexibility index (Phi) is 15.2. The molecule has 6 N–H and O–H groups in total. The third-order valence-electron chi connectivity index (χ3n) is 8.16. The van der Waals surface area contributed by atoms with E-state index in [4.69, 9.17) is 5.11 Å². The first kappa shape index (κ1) is 39.1. The van der Waals surface area contributed by atoms with Gasteiger partial charge in [0.05, 0.1) is 13.0 Å². The Morgan fingerprint density at radius 2 is 1.13 bits per heavy atom. The molecule has 0 heterocycles. The van der Waals surface area contributed by atoms with Crippen LogP contribution in [0.4, 0.5) is 0 Å². The van der Waals surface area contributed by atoms with Crippen molar-refractivity contribution in [3.8, 4) is 0 Å². The second kappa shape index (κ2) is 20.2. The van der Waals surface area contributed by atoms with Crippen LogP contribution < -0.4 is 26.6 Å². The van der Waals surface area contributed by atoms with Crippen molar-refractivity contribution in [1.82, 2.24) is 26.6 Å². The molecule has 0 unspecified atom stereocenters. The zero-order chi connectivity index (χ0) is 37.3. The lowest BCUT2D eigenvalue weighted by Gasteiger charge is -2.24. The second-order valence-corrected chi connectivity index (χ2v) is 12.7. The Balaban J connectivity index is 1.47. The van der Waals surface area contributed by atoms with Crippen molar-refractivity contribution in [2.75, 3.05) is 18.8 Å². The highest BCUT2D eigenvalue weighted by Crippen LogP contribution is 2.16. The summed E-state index contributed by atoms with van der Waals surface area (Å²) in [5, 5.41) is 24.3. The molecule has 0 aliphatic carbocycles. The fourth-order valence-electron chi connectivity index (χ4n) is 5.54. The lowest BCUT2D eigenvalue weighted by molar-refractivity contribution is -0.138. The van der Waals surface area contributed by atoms with Crippen molar-refractivity contribution in [1.29, 1.82) is 0 Å². The van der Waals surface area contributed by atoms with Crippen LogP contribution in [0.25, 0.3) is 10.8 Å². The van der Waals surface area contributed by atoms with E-state index in [9.17, 15) is 28.8 Å². The van der Waals surface area contributed by atoms with Gasteiger partial charge in [-0.15, -0.1) is 0 Å². The van der Waals surface area contributed by atoms with Crippen molar-refractivity contribution < 1.29 is 33.9 Å². The van der Waals surface area contributed by atoms with Crippen LogP contribution in [-0.2, 0) is 48.0 Å². The molecule has 0 saturated heterocycles. The molecule has 5 amide bonds. The summed E-state index contributed by atoms with van der Waals surface area (Å²) >= 11 is 4.04. The minimum Gasteiger partial charge on any atom is -0.481 e. The Morgan fingerprint density at radius 3 is 1.75 bits per heavy atom. The van der Waals surface area contributed by atoms with Crippen molar-refractivity contribution in [3.63, 3.8) is 0 Å². The molecule has 0 bridgehead atoms. The zero-order valence-corrected chi connectivity index (χ0v) is 29.4. The van der Waals surface area contributed by atoms with Crippen LogP contribution in [0.1, 0.15) is 29.5 Å². The number of carbonyl (C=O) groups excluding carboxylic acids is 5. The van der Waals surface area contributed by atoms with Crippen LogP contribution in [0.2, 0.25) is 0 Å². The summed E-state index contributed by atoms with van der Waals surface area (Å²) in [4.78, 5) is 77.3. The smallest absolute Gasteiger partial charge is 0.303 e. The highest BCUT2D eigenvalue weighted by Gasteiger charge is 2.28. The Hall–Kier alpha value is -5.69. The monoisotopic (exact) mass is 725 g/mol. The minimum atomic E-state index is -1.14. The van der Waals surface area contributed by atoms with E-state index >= 15 is 0 Å². The molecule has 0 spiro atoms. The molecule has 0 aromatic heterocycles. The Morgan fingerprint density at radius 1 is 0.577 bits per heavy atom. The maximum atomic E-state index is 13.9. The standard InChI is InChI=1S/C39H43N5O7S/c45-34(24-28-15-16-29-13-7-8-14-30(29)21-28)43-33(23-27-11-5-2-6-12-27)39(51)44-32(22-26-9-3-1-4-10-26)38(50)41-25-35(46)42-31(17-18-36(47)48)37(49)40-19-20-52/h1-16,21,31-33,52H,17-20,22-25H2,(H,40,49)(H,41,50)(H,42,46)(H,43,45)(H,44,51)(H,47,48)/t31-,32-,33-/m0/s1. The van der Waals surface area contributed by atoms with E-state index in [2.05, 4.69) is 39.2 Å². The van der Waals surface area contributed by atoms with Crippen LogP contribution in [-0.4, -0.2) is 77.6 Å². The van der Waals surface area contributed by atoms with Gasteiger partial charge in [0.1, 0.15) is 18.1 Å². The van der Waals surface area contributed by atoms with E-state index in [0.717, 1.165) is 27.5 Å². The molecule has 272 valence electrons. The van der Waals surface area contributed by atoms with E-state index in [1.54, 1.807) is 24.3 Å². The number of fused-ring (bicyclic) bond motifs is 1. The average molecular weight is 726 g/mol. The van der Waals surface area contributed by atoms with Gasteiger partial charge in [0.15, 0.2) is 0 Å². The van der Waals surface area contributed by atoms with Crippen LogP contribution >= 0.6 is 12.6 Å². The van der Waals surface area contributed by atoms with Gasteiger partial charge in [0.2, 0.25) is 29.5 Å². The van der Waals surface area contributed by atoms with Gasteiger partial charge >= 0.3 is 5.97 Å². The van der Waals surface area contributed by atoms with Gasteiger partial charge in [-0.05, 0) is 33.9 Å². The number of carbonyl (C=O) groups is 6. The molecule has 4 rings (SSSR count). The molecular formula is C39H43N5O7S. The van der Waals surface area contributed by atoms with Crippen molar-refractivity contribution >= 4 is 58.9 Å². The number of benzene rings is 4. The third kappa shape index (κ3) is 12.9. The molecule has 52 heavy (non-hydrogen) atoms. The van der Waals surface area contributed by atoms with Gasteiger partial charge in [0.25, 0.3) is 0 Å². The van der Waals surface area contributed by atoms with Gasteiger partial charge in [-0.25, -0.2) is 0 Å². The first-order valence-electron chi connectivity index (χ1n) is 16.9. The van der Waals surface area contributed by atoms with Crippen LogP contribution in [0, 0.1) is 0 Å². The summed E-state index contributed by atoms with van der Waals surface area (Å²) in [6.45, 7) is -0.326. The number of carboxylic acids is 1. The van der Waals surface area contributed by atoms with E-state index in [-0.39, 0.29) is 44.6 Å². The molecule has 12 nitrogen and oxygen atoms in total. The average Bonchev–Trinajstić information content (AvgIpc) is 3.14. The van der Waals surface area contributed by atoms with Crippen LogP contribution in [0.15, 0.2) is 103 Å². The van der Waals surface area contributed by atoms with E-state index in [1.807, 2.05) is 78.9 Å². The third-order valence-corrected chi connectivity index (χ3v) is 8.38. The number of hydrogen-bond acceptors (Lipinski definition) is 7. The van der Waals surface area contributed by atoms with Gasteiger partial charge in [-0.2, -0.15) is 12.6 Å². The summed E-state index contributed by atoms with van der Waals surface area (Å²) in [6.07, 6.45) is -0.247. The summed E-state index contributed by atoms with van der Waals surface area (Å²) in [5.41, 5.74) is 2.31. The molecule has 4 aromatic carbocycles. The second-order valence-electron chi connectivity index (χ2n) is 12.2. The SMILES string of the molecule is O=C(O)CC[C@H](NC(=O)CNC(=O)[C@H](Cc1ccccc1)NC(=O)[C@H](Cc1ccccc1)NC(=O)Cc1ccc2ccccc2c1)C(=O)NCCS. The molecule has 0 aliphatic heterocycles. The molecule has 0 saturated carbocycles. The summed E-state index contributed by atoms with van der Waals surface area (Å²) in [6, 6.07) is 28.4. The normalized spacial score (nSPS) is 12.5. The molecule has 13 heteroatoms. The lowest BCUT2D eigenvalue weighted by atomic mass is 10.0. The zero-order valence-electron chi connectivity index (χ0n) is 28.5. The number of carboxylic acid groups (broad SMARTS) is 1. The maximum Gasteiger partial charge on any atom is 0.303 e. The Bertz CT molecular complexity index is 1840. The molecule has 0 radical (unpaired) electrons. The topological polar surface area (TPSA) is 183 Å². The van der Waals surface area contributed by atoms with Crippen molar-refractivity contribution in [3.05, 3.63) is 120 Å². The number of aliphatic carboxylic acids is 1. The first-order chi connectivity index (χ1) is 25.1. The summed E-state index contributed by atoms with van der Waals surface area (Å²) < 4.78 is 0. The maximum absolute atomic E-state index is 13.9. The number of nitrogens with one attached hydrogen (secondary N) is 5. The highest BCUT2D eigenvalue weighted by atomic mass is 32.1. The number of rotatable bonds is 19. The predicted molar refractivity (Wildman–Crippen MR) is 200 cm³/mol. The van der Waals surface area contributed by atoms with Crippen LogP contribution in [0.5, 0.6) is 0 Å². The molecular weight excluding hydrogens is 683 g/mol. The highest BCUT2D eigenvalue weighted by molar-refractivity contribution is 7.80. The molecule has 0 aliphatic rings. The van der Waals surface area contributed by atoms with E-state index in [1.165, 1.54) is 0 Å². The molecule has 0 fully saturated rings. The number of thiol groups is 1. The fraction of sp³-hybridized carbons (Fsp3) is 0.282. The van der Waals surface area contributed by atoms with Crippen molar-refractivity contribution in [2.45, 2.75) is 50.2 Å². The lowest BCUT2D eigenvalue weighted by Crippen LogP contribution is -2.56. The van der Waals surface area contributed by atoms with Gasteiger partial charge < -0.3 is 31.7 Å². The number of hydrogen-bond donors (Lipinski definition) is 7. The van der Waals surface area contributed by atoms with Gasteiger partial charge in [-0.3, -0.25) is 28.8 Å². The van der Waals surface area contributed by atoms with Crippen LogP contribution in [0.3, 0.4) is 0 Å².